The van der Waals surface area contributed by atoms with Gasteiger partial charge in [0, 0.05) is 30.1 Å². The van der Waals surface area contributed by atoms with Crippen LogP contribution in [0.3, 0.4) is 0 Å². The number of fused-ring (bicyclic) bond motifs is 1. The smallest absolute Gasteiger partial charge is 0.232 e. The lowest BCUT2D eigenvalue weighted by Gasteiger charge is -2.30. The Morgan fingerprint density at radius 2 is 1.97 bits per heavy atom. The van der Waals surface area contributed by atoms with Gasteiger partial charge in [0.1, 0.15) is 29.5 Å². The fraction of sp³-hybridized carbons (Fsp3) is 0.333. The maximum absolute atomic E-state index is 12.8. The molecule has 35 heavy (non-hydrogen) atoms. The van der Waals surface area contributed by atoms with Crippen molar-refractivity contribution in [1.29, 1.82) is 0 Å². The van der Waals surface area contributed by atoms with E-state index in [0.717, 1.165) is 48.3 Å². The van der Waals surface area contributed by atoms with Crippen LogP contribution in [0.1, 0.15) is 36.3 Å². The number of halogens is 1. The first kappa shape index (κ1) is 23.1. The van der Waals surface area contributed by atoms with Gasteiger partial charge in [-0.1, -0.05) is 12.1 Å². The molecule has 1 unspecified atom stereocenters. The van der Waals surface area contributed by atoms with Gasteiger partial charge < -0.3 is 19.7 Å². The second-order valence-corrected chi connectivity index (χ2v) is 9.00. The van der Waals surface area contributed by atoms with E-state index < -0.39 is 6.10 Å². The van der Waals surface area contributed by atoms with Gasteiger partial charge in [-0.05, 0) is 61.4 Å². The van der Waals surface area contributed by atoms with Crippen LogP contribution in [0, 0.1) is 5.92 Å². The molecule has 182 valence electrons. The van der Waals surface area contributed by atoms with E-state index in [1.165, 1.54) is 0 Å². The van der Waals surface area contributed by atoms with Crippen LogP contribution in [0.5, 0.6) is 23.1 Å². The minimum absolute atomic E-state index is 0.135. The number of aromatic hydroxyl groups is 2. The zero-order valence-corrected chi connectivity index (χ0v) is 19.5. The van der Waals surface area contributed by atoms with E-state index in [9.17, 15) is 14.6 Å². The van der Waals surface area contributed by atoms with Gasteiger partial charge in [-0.15, -0.1) is 0 Å². The molecule has 0 spiro atoms. The molecule has 0 saturated carbocycles. The average Bonchev–Trinajstić information content (AvgIpc) is 3.33. The molecule has 3 heterocycles. The number of phenols is 2. The van der Waals surface area contributed by atoms with Crippen molar-refractivity contribution in [2.24, 2.45) is 5.92 Å². The topological polar surface area (TPSA) is 87.9 Å². The second kappa shape index (κ2) is 9.92. The van der Waals surface area contributed by atoms with Gasteiger partial charge in [-0.25, -0.2) is 9.97 Å². The van der Waals surface area contributed by atoms with E-state index >= 15 is 0 Å². The van der Waals surface area contributed by atoms with Gasteiger partial charge in [0.05, 0.1) is 19.1 Å². The number of ether oxygens (including phenoxy) is 2. The van der Waals surface area contributed by atoms with E-state index in [-0.39, 0.29) is 24.1 Å². The zero-order valence-electron chi connectivity index (χ0n) is 19.5. The van der Waals surface area contributed by atoms with Crippen LogP contribution in [0.15, 0.2) is 54.9 Å². The lowest BCUT2D eigenvalue weighted by molar-refractivity contribution is 0.221. The Morgan fingerprint density at radius 3 is 2.71 bits per heavy atom. The predicted octanol–water partition coefficient (Wildman–Crippen LogP) is 4.62. The molecule has 2 aromatic carbocycles. The first-order valence-electron chi connectivity index (χ1n) is 11.7. The van der Waals surface area contributed by atoms with E-state index in [1.54, 1.807) is 48.8 Å². The van der Waals surface area contributed by atoms with Crippen LogP contribution in [-0.4, -0.2) is 58.0 Å². The molecule has 0 aliphatic carbocycles. The SMILES string of the molecule is CC1=C(c2cccc(O)c2)C(c2cnc(OCCN3CC[C@@H](CF)C3)cn2)Oc2ccc(O)cc21. The fourth-order valence-electron chi connectivity index (χ4n) is 4.75. The number of rotatable bonds is 7. The van der Waals surface area contributed by atoms with Crippen molar-refractivity contribution in [3.05, 3.63) is 71.7 Å². The number of alkyl halides is 1. The molecule has 0 radical (unpaired) electrons. The first-order chi connectivity index (χ1) is 17.0. The zero-order chi connectivity index (χ0) is 24.4. The lowest BCUT2D eigenvalue weighted by atomic mass is 9.87. The third-order valence-corrected chi connectivity index (χ3v) is 6.60. The Balaban J connectivity index is 1.37. The molecule has 1 fully saturated rings. The highest BCUT2D eigenvalue weighted by Crippen LogP contribution is 2.47. The summed E-state index contributed by atoms with van der Waals surface area (Å²) in [7, 11) is 0. The largest absolute Gasteiger partial charge is 0.508 e. The van der Waals surface area contributed by atoms with Gasteiger partial charge in [0.15, 0.2) is 6.10 Å². The van der Waals surface area contributed by atoms with Crippen molar-refractivity contribution >= 4 is 11.1 Å². The van der Waals surface area contributed by atoms with Gasteiger partial charge in [-0.3, -0.25) is 9.29 Å². The number of benzene rings is 2. The molecule has 8 heteroatoms. The van der Waals surface area contributed by atoms with Crippen LogP contribution in [0.25, 0.3) is 11.1 Å². The Hall–Kier alpha value is -3.65. The molecule has 1 aromatic heterocycles. The number of hydrogen-bond donors (Lipinski definition) is 2. The number of aromatic nitrogens is 2. The number of phenolic OH excluding ortho intramolecular Hbond substituents is 2. The maximum atomic E-state index is 12.8. The molecular formula is C27H28FN3O4. The van der Waals surface area contributed by atoms with Crippen molar-refractivity contribution < 1.29 is 24.1 Å². The Bertz CT molecular complexity index is 1230. The molecule has 0 bridgehead atoms. The summed E-state index contributed by atoms with van der Waals surface area (Å²) >= 11 is 0. The fourth-order valence-corrected chi connectivity index (χ4v) is 4.75. The maximum Gasteiger partial charge on any atom is 0.232 e. The van der Waals surface area contributed by atoms with Gasteiger partial charge >= 0.3 is 0 Å². The number of hydrogen-bond acceptors (Lipinski definition) is 7. The van der Waals surface area contributed by atoms with Crippen molar-refractivity contribution in [2.75, 3.05) is 32.9 Å². The van der Waals surface area contributed by atoms with Crippen molar-refractivity contribution in [3.8, 4) is 23.1 Å². The molecule has 2 atom stereocenters. The molecule has 2 aliphatic heterocycles. The molecular weight excluding hydrogens is 449 g/mol. The summed E-state index contributed by atoms with van der Waals surface area (Å²) in [4.78, 5) is 11.2. The number of likely N-dealkylation sites (tertiary alicyclic amines) is 1. The third-order valence-electron chi connectivity index (χ3n) is 6.60. The van der Waals surface area contributed by atoms with E-state index in [2.05, 4.69) is 14.9 Å². The summed E-state index contributed by atoms with van der Waals surface area (Å²) < 4.78 is 24.9. The van der Waals surface area contributed by atoms with E-state index in [0.29, 0.717) is 23.9 Å². The summed E-state index contributed by atoms with van der Waals surface area (Å²) in [6, 6.07) is 12.0. The first-order valence-corrected chi connectivity index (χ1v) is 11.7. The summed E-state index contributed by atoms with van der Waals surface area (Å²) in [6.07, 6.45) is 3.55. The van der Waals surface area contributed by atoms with Gasteiger partial charge in [-0.2, -0.15) is 0 Å². The van der Waals surface area contributed by atoms with E-state index in [4.69, 9.17) is 9.47 Å². The van der Waals surface area contributed by atoms with Gasteiger partial charge in [0.25, 0.3) is 0 Å². The molecule has 5 rings (SSSR count). The Kier molecular flexibility index (Phi) is 6.55. The summed E-state index contributed by atoms with van der Waals surface area (Å²) in [5.41, 5.74) is 3.92. The molecule has 2 N–H and O–H groups in total. The highest BCUT2D eigenvalue weighted by molar-refractivity contribution is 5.95. The molecule has 1 saturated heterocycles. The van der Waals surface area contributed by atoms with Crippen molar-refractivity contribution in [3.63, 3.8) is 0 Å². The van der Waals surface area contributed by atoms with E-state index in [1.807, 2.05) is 13.0 Å². The lowest BCUT2D eigenvalue weighted by Crippen LogP contribution is -2.26. The van der Waals surface area contributed by atoms with Crippen LogP contribution in [0.2, 0.25) is 0 Å². The monoisotopic (exact) mass is 477 g/mol. The standard InChI is InChI=1S/C27H28FN3O4/c1-17-22-12-21(33)5-6-24(22)35-27(26(17)19-3-2-4-20(32)11-19)23-14-30-25(15-29-23)34-10-9-31-8-7-18(13-28)16-31/h2-6,11-12,14-15,18,27,32-33H,7-10,13,16H2,1H3/t18-,27?/m0/s1. The number of nitrogens with zero attached hydrogens (tertiary/aromatic N) is 3. The summed E-state index contributed by atoms with van der Waals surface area (Å²) in [6.45, 7) is 4.54. The highest BCUT2D eigenvalue weighted by atomic mass is 19.1. The quantitative estimate of drug-likeness (QED) is 0.513. The molecule has 0 amide bonds. The Labute approximate surface area is 203 Å². The normalized spacial score (nSPS) is 19.9. The van der Waals surface area contributed by atoms with Crippen molar-refractivity contribution in [1.82, 2.24) is 14.9 Å². The molecule has 2 aliphatic rings. The minimum atomic E-state index is -0.558. The van der Waals surface area contributed by atoms with Gasteiger partial charge in [0.2, 0.25) is 5.88 Å². The van der Waals surface area contributed by atoms with Crippen molar-refractivity contribution in [2.45, 2.75) is 19.4 Å². The van der Waals surface area contributed by atoms with Crippen LogP contribution >= 0.6 is 0 Å². The Morgan fingerprint density at radius 1 is 1.11 bits per heavy atom. The highest BCUT2D eigenvalue weighted by Gasteiger charge is 2.31. The van der Waals surface area contributed by atoms with Crippen LogP contribution < -0.4 is 9.47 Å². The summed E-state index contributed by atoms with van der Waals surface area (Å²) in [5, 5.41) is 20.1. The predicted molar refractivity (Wildman–Crippen MR) is 130 cm³/mol. The summed E-state index contributed by atoms with van der Waals surface area (Å²) in [5.74, 6) is 1.48. The minimum Gasteiger partial charge on any atom is -0.508 e. The molecule has 7 nitrogen and oxygen atoms in total. The number of allylic oxidation sites excluding steroid dienone is 1. The second-order valence-electron chi connectivity index (χ2n) is 9.00. The average molecular weight is 478 g/mol. The van der Waals surface area contributed by atoms with Crippen LogP contribution in [-0.2, 0) is 0 Å². The van der Waals surface area contributed by atoms with Crippen LogP contribution in [0.4, 0.5) is 4.39 Å². The molecule has 3 aromatic rings. The third kappa shape index (κ3) is 4.93.